The number of aryl methyl sites for hydroxylation is 1. The summed E-state index contributed by atoms with van der Waals surface area (Å²) in [6.45, 7) is 6.12. The van der Waals surface area contributed by atoms with Crippen molar-refractivity contribution in [1.29, 1.82) is 0 Å². The quantitative estimate of drug-likeness (QED) is 0.886. The lowest BCUT2D eigenvalue weighted by molar-refractivity contribution is 0.0996. The van der Waals surface area contributed by atoms with Crippen LogP contribution in [0.2, 0.25) is 0 Å². The fourth-order valence-electron chi connectivity index (χ4n) is 1.74. The van der Waals surface area contributed by atoms with Gasteiger partial charge in [-0.3, -0.25) is 4.79 Å². The molecule has 0 unspecified atom stereocenters. The molecule has 2 rings (SSSR count). The summed E-state index contributed by atoms with van der Waals surface area (Å²) < 4.78 is 5.15. The van der Waals surface area contributed by atoms with E-state index in [1.807, 2.05) is 31.2 Å². The van der Waals surface area contributed by atoms with Gasteiger partial charge in [-0.1, -0.05) is 26.0 Å². The van der Waals surface area contributed by atoms with Crippen LogP contribution in [0.4, 0.5) is 5.69 Å². The van der Waals surface area contributed by atoms with Gasteiger partial charge in [0.05, 0.1) is 6.26 Å². The van der Waals surface area contributed by atoms with Crippen molar-refractivity contribution in [3.05, 3.63) is 53.5 Å². The van der Waals surface area contributed by atoms with E-state index in [0.717, 1.165) is 11.3 Å². The minimum absolute atomic E-state index is 0.213. The number of amides is 1. The molecule has 18 heavy (non-hydrogen) atoms. The van der Waals surface area contributed by atoms with Gasteiger partial charge >= 0.3 is 0 Å². The maximum absolute atomic E-state index is 11.9. The lowest BCUT2D eigenvalue weighted by Gasteiger charge is -2.07. The fraction of sp³-hybridized carbons (Fsp3) is 0.267. The highest BCUT2D eigenvalue weighted by Crippen LogP contribution is 2.18. The Labute approximate surface area is 107 Å². The molecule has 0 radical (unpaired) electrons. The van der Waals surface area contributed by atoms with Gasteiger partial charge in [0, 0.05) is 11.3 Å². The van der Waals surface area contributed by atoms with Crippen molar-refractivity contribution in [3.8, 4) is 0 Å². The summed E-state index contributed by atoms with van der Waals surface area (Å²) in [5.74, 6) is 0.639. The Kier molecular flexibility index (Phi) is 3.51. The lowest BCUT2D eigenvalue weighted by atomic mass is 10.0. The topological polar surface area (TPSA) is 42.2 Å². The Bertz CT molecular complexity index is 538. The van der Waals surface area contributed by atoms with Crippen molar-refractivity contribution in [2.75, 3.05) is 5.32 Å². The lowest BCUT2D eigenvalue weighted by Crippen LogP contribution is -2.12. The third-order valence-electron chi connectivity index (χ3n) is 2.90. The van der Waals surface area contributed by atoms with E-state index in [2.05, 4.69) is 19.2 Å². The first-order valence-electron chi connectivity index (χ1n) is 6.03. The van der Waals surface area contributed by atoms with Crippen LogP contribution < -0.4 is 5.32 Å². The molecule has 1 aromatic heterocycles. The molecule has 1 N–H and O–H groups in total. The molecule has 0 spiro atoms. The van der Waals surface area contributed by atoms with Crippen molar-refractivity contribution in [2.24, 2.45) is 0 Å². The average molecular weight is 243 g/mol. The maximum atomic E-state index is 11.9. The minimum atomic E-state index is -0.213. The number of furan rings is 1. The van der Waals surface area contributed by atoms with Gasteiger partial charge in [-0.05, 0) is 36.6 Å². The molecule has 1 aromatic carbocycles. The Balaban J connectivity index is 2.10. The van der Waals surface area contributed by atoms with Crippen molar-refractivity contribution in [3.63, 3.8) is 0 Å². The maximum Gasteiger partial charge on any atom is 0.291 e. The summed E-state index contributed by atoms with van der Waals surface area (Å²) in [4.78, 5) is 11.9. The average Bonchev–Trinajstić information content (AvgIpc) is 2.76. The summed E-state index contributed by atoms with van der Waals surface area (Å²) in [5.41, 5.74) is 2.87. The van der Waals surface area contributed by atoms with E-state index < -0.39 is 0 Å². The molecule has 0 atom stereocenters. The predicted octanol–water partition coefficient (Wildman–Crippen LogP) is 3.96. The zero-order valence-electron chi connectivity index (χ0n) is 10.9. The van der Waals surface area contributed by atoms with Crippen LogP contribution >= 0.6 is 0 Å². The van der Waals surface area contributed by atoms with Crippen LogP contribution in [0.15, 0.2) is 41.0 Å². The minimum Gasteiger partial charge on any atom is -0.459 e. The Morgan fingerprint density at radius 2 is 1.83 bits per heavy atom. The van der Waals surface area contributed by atoms with E-state index in [4.69, 9.17) is 4.42 Å². The summed E-state index contributed by atoms with van der Waals surface area (Å²) in [5, 5.41) is 2.82. The number of benzene rings is 1. The molecule has 0 saturated carbocycles. The summed E-state index contributed by atoms with van der Waals surface area (Å²) in [6, 6.07) is 9.64. The number of hydrogen-bond donors (Lipinski definition) is 1. The third kappa shape index (κ3) is 2.62. The van der Waals surface area contributed by atoms with Gasteiger partial charge in [0.1, 0.15) is 0 Å². The van der Waals surface area contributed by atoms with Gasteiger partial charge in [-0.25, -0.2) is 0 Å². The molecule has 0 saturated heterocycles. The standard InChI is InChI=1S/C15H17NO2/c1-10(2)12-4-6-13(7-5-12)16-15(17)14-11(3)8-9-18-14/h4-10H,1-3H3,(H,16,17). The number of carbonyl (C=O) groups excluding carboxylic acids is 1. The van der Waals surface area contributed by atoms with E-state index >= 15 is 0 Å². The SMILES string of the molecule is Cc1ccoc1C(=O)Nc1ccc(C(C)C)cc1. The van der Waals surface area contributed by atoms with Gasteiger partial charge in [0.25, 0.3) is 5.91 Å². The van der Waals surface area contributed by atoms with Crippen LogP contribution in [0, 0.1) is 6.92 Å². The van der Waals surface area contributed by atoms with Gasteiger partial charge in [-0.2, -0.15) is 0 Å². The van der Waals surface area contributed by atoms with Crippen LogP contribution in [0.3, 0.4) is 0 Å². The summed E-state index contributed by atoms with van der Waals surface area (Å²) >= 11 is 0. The predicted molar refractivity (Wildman–Crippen MR) is 71.9 cm³/mol. The molecule has 3 nitrogen and oxygen atoms in total. The molecular formula is C15H17NO2. The summed E-state index contributed by atoms with van der Waals surface area (Å²) in [6.07, 6.45) is 1.52. The first-order valence-corrected chi connectivity index (χ1v) is 6.03. The van der Waals surface area contributed by atoms with E-state index in [1.165, 1.54) is 11.8 Å². The van der Waals surface area contributed by atoms with Crippen molar-refractivity contribution in [2.45, 2.75) is 26.7 Å². The van der Waals surface area contributed by atoms with Crippen LogP contribution in [0.5, 0.6) is 0 Å². The molecule has 3 heteroatoms. The number of nitrogens with one attached hydrogen (secondary N) is 1. The van der Waals surface area contributed by atoms with E-state index in [9.17, 15) is 4.79 Å². The monoisotopic (exact) mass is 243 g/mol. The molecule has 94 valence electrons. The van der Waals surface area contributed by atoms with Crippen LogP contribution in [0.1, 0.15) is 41.4 Å². The molecule has 0 aliphatic heterocycles. The first-order chi connectivity index (χ1) is 8.58. The molecule has 0 bridgehead atoms. The molecular weight excluding hydrogens is 226 g/mol. The Hall–Kier alpha value is -2.03. The van der Waals surface area contributed by atoms with E-state index in [1.54, 1.807) is 6.07 Å². The van der Waals surface area contributed by atoms with Crippen molar-refractivity contribution < 1.29 is 9.21 Å². The highest BCUT2D eigenvalue weighted by molar-refractivity contribution is 6.03. The number of anilines is 1. The van der Waals surface area contributed by atoms with E-state index in [-0.39, 0.29) is 5.91 Å². The fourth-order valence-corrected chi connectivity index (χ4v) is 1.74. The Morgan fingerprint density at radius 3 is 2.33 bits per heavy atom. The molecule has 1 heterocycles. The molecule has 0 fully saturated rings. The third-order valence-corrected chi connectivity index (χ3v) is 2.90. The van der Waals surface area contributed by atoms with Gasteiger partial charge in [-0.15, -0.1) is 0 Å². The number of carbonyl (C=O) groups is 1. The highest BCUT2D eigenvalue weighted by Gasteiger charge is 2.12. The Morgan fingerprint density at radius 1 is 1.17 bits per heavy atom. The van der Waals surface area contributed by atoms with Gasteiger partial charge in [0.2, 0.25) is 0 Å². The van der Waals surface area contributed by atoms with Gasteiger partial charge < -0.3 is 9.73 Å². The molecule has 0 aliphatic carbocycles. The second-order valence-corrected chi connectivity index (χ2v) is 4.66. The van der Waals surface area contributed by atoms with Crippen LogP contribution in [0.25, 0.3) is 0 Å². The zero-order valence-corrected chi connectivity index (χ0v) is 10.9. The second kappa shape index (κ2) is 5.08. The molecule has 0 aliphatic rings. The second-order valence-electron chi connectivity index (χ2n) is 4.66. The highest BCUT2D eigenvalue weighted by atomic mass is 16.3. The molecule has 1 amide bonds. The number of hydrogen-bond acceptors (Lipinski definition) is 2. The largest absolute Gasteiger partial charge is 0.459 e. The normalized spacial score (nSPS) is 10.7. The smallest absolute Gasteiger partial charge is 0.291 e. The molecule has 2 aromatic rings. The van der Waals surface area contributed by atoms with Crippen molar-refractivity contribution in [1.82, 2.24) is 0 Å². The zero-order chi connectivity index (χ0) is 13.1. The van der Waals surface area contributed by atoms with Crippen LogP contribution in [-0.4, -0.2) is 5.91 Å². The van der Waals surface area contributed by atoms with Crippen LogP contribution in [-0.2, 0) is 0 Å². The van der Waals surface area contributed by atoms with Gasteiger partial charge in [0.15, 0.2) is 5.76 Å². The van der Waals surface area contributed by atoms with E-state index in [0.29, 0.717) is 11.7 Å². The summed E-state index contributed by atoms with van der Waals surface area (Å²) in [7, 11) is 0. The van der Waals surface area contributed by atoms with Crippen molar-refractivity contribution >= 4 is 11.6 Å². The first kappa shape index (κ1) is 12.4. The number of rotatable bonds is 3.